The molecule has 0 fully saturated rings. The van der Waals surface area contributed by atoms with Crippen molar-refractivity contribution in [2.75, 3.05) is 6.61 Å². The number of nitrogens with zero attached hydrogens (tertiary/aromatic N) is 2. The molecule has 0 saturated carbocycles. The molecule has 1 aromatic heterocycles. The molecule has 1 heterocycles. The van der Waals surface area contributed by atoms with E-state index in [-0.39, 0.29) is 12.0 Å². The summed E-state index contributed by atoms with van der Waals surface area (Å²) in [5.41, 5.74) is 1.86. The average Bonchev–Trinajstić information content (AvgIpc) is 2.54. The minimum absolute atomic E-state index is 0.201. The summed E-state index contributed by atoms with van der Waals surface area (Å²) in [6.07, 6.45) is 1.66. The molecule has 0 bridgehead atoms. The van der Waals surface area contributed by atoms with Gasteiger partial charge in [0.05, 0.1) is 22.5 Å². The van der Waals surface area contributed by atoms with Crippen molar-refractivity contribution in [3.05, 3.63) is 15.9 Å². The fourth-order valence-electron chi connectivity index (χ4n) is 1.80. The quantitative estimate of drug-likeness (QED) is 0.785. The maximum Gasteiger partial charge on any atom is 0.330 e. The molecule has 0 N–H and O–H groups in total. The number of carbonyl (C=O) groups is 1. The summed E-state index contributed by atoms with van der Waals surface area (Å²) < 4.78 is 7.83. The van der Waals surface area contributed by atoms with Gasteiger partial charge in [-0.15, -0.1) is 0 Å². The van der Waals surface area contributed by atoms with Crippen LogP contribution in [-0.2, 0) is 9.53 Å². The Hall–Kier alpha value is -0.840. The lowest BCUT2D eigenvalue weighted by atomic mass is 10.1. The SMILES string of the molecule is CCCC(C(=O)OCC)n1nc(C)c(Br)c1C. The third kappa shape index (κ3) is 3.09. The van der Waals surface area contributed by atoms with E-state index < -0.39 is 0 Å². The molecule has 96 valence electrons. The molecule has 1 unspecified atom stereocenters. The van der Waals surface area contributed by atoms with Gasteiger partial charge >= 0.3 is 5.97 Å². The van der Waals surface area contributed by atoms with Crippen molar-refractivity contribution >= 4 is 21.9 Å². The van der Waals surface area contributed by atoms with Gasteiger partial charge in [-0.1, -0.05) is 13.3 Å². The molecule has 0 aliphatic rings. The minimum atomic E-state index is -0.315. The van der Waals surface area contributed by atoms with Gasteiger partial charge in [0.25, 0.3) is 0 Å². The third-order valence-electron chi connectivity index (χ3n) is 2.65. The van der Waals surface area contributed by atoms with Gasteiger partial charge in [-0.25, -0.2) is 4.79 Å². The van der Waals surface area contributed by atoms with Gasteiger partial charge in [0, 0.05) is 0 Å². The number of aryl methyl sites for hydroxylation is 1. The molecule has 0 amide bonds. The zero-order chi connectivity index (χ0) is 13.0. The van der Waals surface area contributed by atoms with Crippen LogP contribution in [0.5, 0.6) is 0 Å². The number of esters is 1. The van der Waals surface area contributed by atoms with E-state index in [4.69, 9.17) is 4.74 Å². The predicted octanol–water partition coefficient (Wildman–Crippen LogP) is 3.17. The Bertz CT molecular complexity index is 401. The van der Waals surface area contributed by atoms with Crippen LogP contribution in [0.2, 0.25) is 0 Å². The Kier molecular flexibility index (Phi) is 5.18. The van der Waals surface area contributed by atoms with Crippen molar-refractivity contribution in [2.24, 2.45) is 0 Å². The Labute approximate surface area is 110 Å². The van der Waals surface area contributed by atoms with Gasteiger partial charge in [-0.3, -0.25) is 4.68 Å². The average molecular weight is 303 g/mol. The summed E-state index contributed by atoms with van der Waals surface area (Å²) >= 11 is 3.47. The predicted molar refractivity (Wildman–Crippen MR) is 70.0 cm³/mol. The number of rotatable bonds is 5. The summed E-state index contributed by atoms with van der Waals surface area (Å²) in [5.74, 6) is -0.201. The maximum atomic E-state index is 11.9. The maximum absolute atomic E-state index is 11.9. The monoisotopic (exact) mass is 302 g/mol. The minimum Gasteiger partial charge on any atom is -0.464 e. The molecular weight excluding hydrogens is 284 g/mol. The molecule has 4 nitrogen and oxygen atoms in total. The standard InChI is InChI=1S/C12H19BrN2O2/c1-5-7-10(12(16)17-6-2)15-9(4)11(13)8(3)14-15/h10H,5-7H2,1-4H3. The van der Waals surface area contributed by atoms with Crippen LogP contribution >= 0.6 is 15.9 Å². The van der Waals surface area contributed by atoms with Gasteiger partial charge < -0.3 is 4.74 Å². The van der Waals surface area contributed by atoms with Crippen LogP contribution in [0.15, 0.2) is 4.47 Å². The Morgan fingerprint density at radius 1 is 1.47 bits per heavy atom. The lowest BCUT2D eigenvalue weighted by Gasteiger charge is -2.16. The zero-order valence-corrected chi connectivity index (χ0v) is 12.4. The Balaban J connectivity index is 3.05. The number of carbonyl (C=O) groups excluding carboxylic acids is 1. The first kappa shape index (κ1) is 14.2. The van der Waals surface area contributed by atoms with Gasteiger partial charge in [0.1, 0.15) is 6.04 Å². The van der Waals surface area contributed by atoms with E-state index in [0.29, 0.717) is 6.61 Å². The molecule has 0 saturated heterocycles. The number of hydrogen-bond donors (Lipinski definition) is 0. The first-order chi connectivity index (χ1) is 8.02. The molecular formula is C12H19BrN2O2. The van der Waals surface area contributed by atoms with E-state index in [1.807, 2.05) is 27.7 Å². The fourth-order valence-corrected chi connectivity index (χ4v) is 2.06. The Morgan fingerprint density at radius 2 is 2.12 bits per heavy atom. The number of halogens is 1. The summed E-state index contributed by atoms with van der Waals surface area (Å²) in [6, 6.07) is -0.315. The number of ether oxygens (including phenoxy) is 1. The fraction of sp³-hybridized carbons (Fsp3) is 0.667. The highest BCUT2D eigenvalue weighted by Gasteiger charge is 2.24. The van der Waals surface area contributed by atoms with Crippen LogP contribution in [0, 0.1) is 13.8 Å². The first-order valence-electron chi connectivity index (χ1n) is 5.90. The van der Waals surface area contributed by atoms with Gasteiger partial charge in [-0.2, -0.15) is 5.10 Å². The molecule has 0 aliphatic carbocycles. The molecule has 5 heteroatoms. The second-order valence-corrected chi connectivity index (χ2v) is 4.78. The molecule has 17 heavy (non-hydrogen) atoms. The van der Waals surface area contributed by atoms with Crippen molar-refractivity contribution in [1.82, 2.24) is 9.78 Å². The molecule has 1 atom stereocenters. The molecule has 0 radical (unpaired) electrons. The first-order valence-corrected chi connectivity index (χ1v) is 6.70. The smallest absolute Gasteiger partial charge is 0.330 e. The van der Waals surface area contributed by atoms with Crippen molar-refractivity contribution in [1.29, 1.82) is 0 Å². The van der Waals surface area contributed by atoms with Crippen molar-refractivity contribution in [2.45, 2.75) is 46.6 Å². The summed E-state index contributed by atoms with van der Waals surface area (Å²) in [6.45, 7) is 8.14. The van der Waals surface area contributed by atoms with Crippen LogP contribution in [0.3, 0.4) is 0 Å². The molecule has 1 rings (SSSR count). The van der Waals surface area contributed by atoms with E-state index in [1.54, 1.807) is 4.68 Å². The van der Waals surface area contributed by atoms with Crippen LogP contribution in [0.25, 0.3) is 0 Å². The highest BCUT2D eigenvalue weighted by molar-refractivity contribution is 9.10. The molecule has 0 spiro atoms. The highest BCUT2D eigenvalue weighted by atomic mass is 79.9. The lowest BCUT2D eigenvalue weighted by Crippen LogP contribution is -2.24. The van der Waals surface area contributed by atoms with Gasteiger partial charge in [-0.05, 0) is 43.1 Å². The van der Waals surface area contributed by atoms with E-state index in [1.165, 1.54) is 0 Å². The highest BCUT2D eigenvalue weighted by Crippen LogP contribution is 2.25. The van der Waals surface area contributed by atoms with Crippen LogP contribution < -0.4 is 0 Å². The Morgan fingerprint density at radius 3 is 2.53 bits per heavy atom. The lowest BCUT2D eigenvalue weighted by molar-refractivity contribution is -0.147. The second kappa shape index (κ2) is 6.19. The van der Waals surface area contributed by atoms with E-state index >= 15 is 0 Å². The molecule has 0 aliphatic heterocycles. The normalized spacial score (nSPS) is 12.5. The van der Waals surface area contributed by atoms with Crippen molar-refractivity contribution < 1.29 is 9.53 Å². The summed E-state index contributed by atoms with van der Waals surface area (Å²) in [5, 5.41) is 4.40. The number of hydrogen-bond acceptors (Lipinski definition) is 3. The van der Waals surface area contributed by atoms with Gasteiger partial charge in [0.15, 0.2) is 0 Å². The second-order valence-electron chi connectivity index (χ2n) is 3.99. The van der Waals surface area contributed by atoms with Crippen LogP contribution in [0.1, 0.15) is 44.1 Å². The summed E-state index contributed by atoms with van der Waals surface area (Å²) in [4.78, 5) is 11.9. The number of aromatic nitrogens is 2. The van der Waals surface area contributed by atoms with Crippen molar-refractivity contribution in [3.63, 3.8) is 0 Å². The van der Waals surface area contributed by atoms with Gasteiger partial charge in [0.2, 0.25) is 0 Å². The van der Waals surface area contributed by atoms with E-state index in [2.05, 4.69) is 21.0 Å². The summed E-state index contributed by atoms with van der Waals surface area (Å²) in [7, 11) is 0. The molecule has 1 aromatic rings. The van der Waals surface area contributed by atoms with Crippen LogP contribution in [0.4, 0.5) is 0 Å². The third-order valence-corrected chi connectivity index (χ3v) is 3.80. The zero-order valence-electron chi connectivity index (χ0n) is 10.8. The topological polar surface area (TPSA) is 44.1 Å². The van der Waals surface area contributed by atoms with Crippen molar-refractivity contribution in [3.8, 4) is 0 Å². The van der Waals surface area contributed by atoms with Crippen LogP contribution in [-0.4, -0.2) is 22.4 Å². The van der Waals surface area contributed by atoms with E-state index in [9.17, 15) is 4.79 Å². The van der Waals surface area contributed by atoms with E-state index in [0.717, 1.165) is 28.7 Å². The largest absolute Gasteiger partial charge is 0.464 e. The molecule has 0 aromatic carbocycles.